The fourth-order valence-corrected chi connectivity index (χ4v) is 2.20. The van der Waals surface area contributed by atoms with Crippen molar-refractivity contribution in [3.8, 4) is 0 Å². The molecule has 1 aromatic carbocycles. The van der Waals surface area contributed by atoms with Crippen LogP contribution in [0, 0.1) is 19.1 Å². The predicted octanol–water partition coefficient (Wildman–Crippen LogP) is 2.34. The standard InChI is InChI=1S/C13H12N2O/c1-9-8-14-12-6-4-3-5-11(12)7-13(14)10(2)15(9)16/h3-8H,1-2H3. The van der Waals surface area contributed by atoms with Crippen molar-refractivity contribution in [2.24, 2.45) is 0 Å². The third-order valence-electron chi connectivity index (χ3n) is 3.06. The molecule has 80 valence electrons. The van der Waals surface area contributed by atoms with Gasteiger partial charge in [-0.3, -0.25) is 0 Å². The summed E-state index contributed by atoms with van der Waals surface area (Å²) >= 11 is 0. The summed E-state index contributed by atoms with van der Waals surface area (Å²) in [6.07, 6.45) is 1.89. The average Bonchev–Trinajstić information content (AvgIpc) is 2.65. The lowest BCUT2D eigenvalue weighted by Crippen LogP contribution is -2.34. The van der Waals surface area contributed by atoms with Gasteiger partial charge in [-0.2, -0.15) is 4.73 Å². The highest BCUT2D eigenvalue weighted by atomic mass is 16.5. The Morgan fingerprint density at radius 1 is 1.12 bits per heavy atom. The zero-order valence-corrected chi connectivity index (χ0v) is 9.27. The van der Waals surface area contributed by atoms with Crippen LogP contribution in [0.5, 0.6) is 0 Å². The molecule has 0 aliphatic heterocycles. The fraction of sp³-hybridized carbons (Fsp3) is 0.154. The quantitative estimate of drug-likeness (QED) is 0.415. The van der Waals surface area contributed by atoms with Crippen LogP contribution in [0.15, 0.2) is 36.5 Å². The van der Waals surface area contributed by atoms with Crippen LogP contribution in [-0.2, 0) is 0 Å². The van der Waals surface area contributed by atoms with E-state index in [0.717, 1.165) is 26.8 Å². The minimum Gasteiger partial charge on any atom is -0.618 e. The Kier molecular flexibility index (Phi) is 1.72. The summed E-state index contributed by atoms with van der Waals surface area (Å²) in [5.41, 5.74) is 3.58. The predicted molar refractivity (Wildman–Crippen MR) is 63.3 cm³/mol. The third-order valence-corrected chi connectivity index (χ3v) is 3.06. The van der Waals surface area contributed by atoms with Crippen molar-refractivity contribution < 1.29 is 4.73 Å². The van der Waals surface area contributed by atoms with Gasteiger partial charge in [-0.15, -0.1) is 0 Å². The summed E-state index contributed by atoms with van der Waals surface area (Å²) in [6, 6.07) is 10.2. The average molecular weight is 212 g/mol. The first-order chi connectivity index (χ1) is 7.68. The highest BCUT2D eigenvalue weighted by Gasteiger charge is 2.12. The summed E-state index contributed by atoms with van der Waals surface area (Å²) in [4.78, 5) is 0. The van der Waals surface area contributed by atoms with Gasteiger partial charge in [0.2, 0.25) is 11.4 Å². The number of hydrogen-bond acceptors (Lipinski definition) is 1. The Balaban J connectivity index is 2.60. The number of benzene rings is 1. The molecule has 0 unspecified atom stereocenters. The number of fused-ring (bicyclic) bond motifs is 3. The van der Waals surface area contributed by atoms with Gasteiger partial charge in [0.05, 0.1) is 11.7 Å². The maximum atomic E-state index is 11.8. The van der Waals surface area contributed by atoms with Crippen LogP contribution in [0.1, 0.15) is 11.4 Å². The number of aromatic nitrogens is 2. The van der Waals surface area contributed by atoms with Crippen molar-refractivity contribution >= 4 is 16.4 Å². The van der Waals surface area contributed by atoms with Crippen molar-refractivity contribution in [1.29, 1.82) is 0 Å². The van der Waals surface area contributed by atoms with Crippen molar-refractivity contribution in [3.05, 3.63) is 53.1 Å². The number of nitrogens with zero attached hydrogens (tertiary/aromatic N) is 2. The minimum absolute atomic E-state index is 0.714. The van der Waals surface area contributed by atoms with Gasteiger partial charge in [-0.25, -0.2) is 0 Å². The van der Waals surface area contributed by atoms with Gasteiger partial charge in [-0.1, -0.05) is 18.2 Å². The van der Waals surface area contributed by atoms with Crippen LogP contribution in [0.25, 0.3) is 16.4 Å². The minimum atomic E-state index is 0.714. The Hall–Kier alpha value is -2.03. The third kappa shape index (κ3) is 1.05. The van der Waals surface area contributed by atoms with Crippen molar-refractivity contribution in [2.45, 2.75) is 13.8 Å². The fourth-order valence-electron chi connectivity index (χ4n) is 2.20. The maximum Gasteiger partial charge on any atom is 0.214 e. The van der Waals surface area contributed by atoms with Gasteiger partial charge in [0.1, 0.15) is 5.52 Å². The van der Waals surface area contributed by atoms with Crippen molar-refractivity contribution in [2.75, 3.05) is 0 Å². The topological polar surface area (TPSA) is 31.3 Å². The molecule has 0 saturated carbocycles. The Morgan fingerprint density at radius 2 is 1.88 bits per heavy atom. The zero-order valence-electron chi connectivity index (χ0n) is 9.27. The molecule has 0 radical (unpaired) electrons. The van der Waals surface area contributed by atoms with Crippen LogP contribution in [0.4, 0.5) is 0 Å². The SMILES string of the molecule is Cc1cn2c(cc3ccccc32)c(C)[n+]1[O-]. The maximum absolute atomic E-state index is 11.8. The number of hydrogen-bond donors (Lipinski definition) is 0. The van der Waals surface area contributed by atoms with Gasteiger partial charge in [0, 0.05) is 19.2 Å². The molecule has 2 heterocycles. The molecule has 3 nitrogen and oxygen atoms in total. The van der Waals surface area contributed by atoms with E-state index in [-0.39, 0.29) is 0 Å². The smallest absolute Gasteiger partial charge is 0.214 e. The summed E-state index contributed by atoms with van der Waals surface area (Å²) in [5.74, 6) is 0. The second-order valence-electron chi connectivity index (χ2n) is 4.11. The number of aryl methyl sites for hydroxylation is 2. The molecule has 0 amide bonds. The first-order valence-electron chi connectivity index (χ1n) is 5.28. The van der Waals surface area contributed by atoms with Crippen LogP contribution < -0.4 is 4.73 Å². The first kappa shape index (κ1) is 9.21. The molecule has 0 N–H and O–H groups in total. The Morgan fingerprint density at radius 3 is 2.69 bits per heavy atom. The molecule has 3 aromatic rings. The molecule has 0 saturated heterocycles. The van der Waals surface area contributed by atoms with E-state index < -0.39 is 0 Å². The lowest BCUT2D eigenvalue weighted by Gasteiger charge is -2.06. The van der Waals surface area contributed by atoms with Gasteiger partial charge in [0.25, 0.3) is 0 Å². The van der Waals surface area contributed by atoms with E-state index in [1.807, 2.05) is 32.2 Å². The monoisotopic (exact) mass is 212 g/mol. The highest BCUT2D eigenvalue weighted by molar-refractivity contribution is 5.87. The Bertz CT molecular complexity index is 698. The molecule has 3 heteroatoms. The van der Waals surface area contributed by atoms with Gasteiger partial charge in [0.15, 0.2) is 0 Å². The molecule has 3 rings (SSSR count). The first-order valence-corrected chi connectivity index (χ1v) is 5.28. The van der Waals surface area contributed by atoms with E-state index in [2.05, 4.69) is 22.6 Å². The van der Waals surface area contributed by atoms with E-state index in [4.69, 9.17) is 0 Å². The van der Waals surface area contributed by atoms with Crippen LogP contribution >= 0.6 is 0 Å². The molecular weight excluding hydrogens is 200 g/mol. The van der Waals surface area contributed by atoms with Gasteiger partial charge in [-0.05, 0) is 12.1 Å². The molecule has 0 aliphatic rings. The van der Waals surface area contributed by atoms with E-state index >= 15 is 0 Å². The Labute approximate surface area is 93.1 Å². The summed E-state index contributed by atoms with van der Waals surface area (Å²) < 4.78 is 3.06. The van der Waals surface area contributed by atoms with Crippen LogP contribution in [-0.4, -0.2) is 4.40 Å². The number of para-hydroxylation sites is 1. The molecular formula is C13H12N2O. The zero-order chi connectivity index (χ0) is 11.3. The summed E-state index contributed by atoms with van der Waals surface area (Å²) in [5, 5.41) is 12.9. The van der Waals surface area contributed by atoms with E-state index in [1.54, 1.807) is 0 Å². The molecule has 2 aromatic heterocycles. The van der Waals surface area contributed by atoms with Gasteiger partial charge >= 0.3 is 0 Å². The molecule has 16 heavy (non-hydrogen) atoms. The van der Waals surface area contributed by atoms with E-state index in [1.165, 1.54) is 0 Å². The van der Waals surface area contributed by atoms with Crippen LogP contribution in [0.2, 0.25) is 0 Å². The van der Waals surface area contributed by atoms with Crippen LogP contribution in [0.3, 0.4) is 0 Å². The van der Waals surface area contributed by atoms with Gasteiger partial charge < -0.3 is 9.61 Å². The lowest BCUT2D eigenvalue weighted by molar-refractivity contribution is -0.618. The second kappa shape index (κ2) is 2.98. The van der Waals surface area contributed by atoms with Crippen molar-refractivity contribution in [1.82, 2.24) is 4.40 Å². The van der Waals surface area contributed by atoms with E-state index in [0.29, 0.717) is 5.69 Å². The molecule has 0 spiro atoms. The van der Waals surface area contributed by atoms with Crippen molar-refractivity contribution in [3.63, 3.8) is 0 Å². The molecule has 0 aliphatic carbocycles. The highest BCUT2D eigenvalue weighted by Crippen LogP contribution is 2.21. The number of rotatable bonds is 0. The molecule has 0 bridgehead atoms. The second-order valence-corrected chi connectivity index (χ2v) is 4.11. The lowest BCUT2D eigenvalue weighted by atomic mass is 10.2. The van der Waals surface area contributed by atoms with E-state index in [9.17, 15) is 5.21 Å². The normalized spacial score (nSPS) is 11.4. The summed E-state index contributed by atoms with van der Waals surface area (Å²) in [6.45, 7) is 3.68. The summed E-state index contributed by atoms with van der Waals surface area (Å²) in [7, 11) is 0. The largest absolute Gasteiger partial charge is 0.618 e. The molecule has 0 atom stereocenters. The molecule has 0 fully saturated rings.